The molecule has 8 heteroatoms. The molecule has 0 atom stereocenters. The van der Waals surface area contributed by atoms with Crippen LogP contribution in [-0.2, 0) is 9.53 Å². The number of rotatable bonds is 7. The summed E-state index contributed by atoms with van der Waals surface area (Å²) in [4.78, 5) is 23.0. The quantitative estimate of drug-likeness (QED) is 0.256. The van der Waals surface area contributed by atoms with Crippen LogP contribution in [-0.4, -0.2) is 31.7 Å². The molecule has 0 fully saturated rings. The van der Waals surface area contributed by atoms with Crippen LogP contribution in [0.3, 0.4) is 0 Å². The van der Waals surface area contributed by atoms with E-state index in [0.717, 1.165) is 0 Å². The highest BCUT2D eigenvalue weighted by Crippen LogP contribution is 2.11. The van der Waals surface area contributed by atoms with E-state index in [1.165, 1.54) is 6.20 Å². The van der Waals surface area contributed by atoms with Crippen LogP contribution in [0.5, 0.6) is 0 Å². The van der Waals surface area contributed by atoms with Gasteiger partial charge < -0.3 is 26.4 Å². The van der Waals surface area contributed by atoms with E-state index in [1.807, 2.05) is 0 Å². The van der Waals surface area contributed by atoms with Gasteiger partial charge in [-0.1, -0.05) is 0 Å². The molecule has 0 saturated carbocycles. The summed E-state index contributed by atoms with van der Waals surface area (Å²) in [5, 5.41) is 16.9. The summed E-state index contributed by atoms with van der Waals surface area (Å²) in [5.74, 6) is -0.539. The maximum absolute atomic E-state index is 11.9. The van der Waals surface area contributed by atoms with Crippen LogP contribution in [0.15, 0.2) is 36.0 Å². The number of nitriles is 1. The summed E-state index contributed by atoms with van der Waals surface area (Å²) in [5.41, 5.74) is 6.58. The fourth-order valence-corrected chi connectivity index (χ4v) is 1.51. The Hall–Kier alpha value is -3.21. The first kappa shape index (κ1) is 17.8. The molecular formula is C15H19N5O3. The summed E-state index contributed by atoms with van der Waals surface area (Å²) in [6, 6.07) is 8.37. The van der Waals surface area contributed by atoms with Crippen molar-refractivity contribution in [2.75, 3.05) is 30.7 Å². The third kappa shape index (κ3) is 6.86. The van der Waals surface area contributed by atoms with Gasteiger partial charge in [0.1, 0.15) is 11.6 Å². The number of carbonyl (C=O) groups is 2. The van der Waals surface area contributed by atoms with Crippen molar-refractivity contribution in [3.05, 3.63) is 36.0 Å². The Morgan fingerprint density at radius 3 is 2.61 bits per heavy atom. The second-order valence-electron chi connectivity index (χ2n) is 4.35. The zero-order valence-corrected chi connectivity index (χ0v) is 12.8. The maximum Gasteiger partial charge on any atom is 0.407 e. The van der Waals surface area contributed by atoms with Gasteiger partial charge in [-0.25, -0.2) is 4.79 Å². The van der Waals surface area contributed by atoms with Crippen molar-refractivity contribution in [2.24, 2.45) is 0 Å². The smallest absolute Gasteiger partial charge is 0.407 e. The van der Waals surface area contributed by atoms with Gasteiger partial charge in [0.2, 0.25) is 0 Å². The fraction of sp³-hybridized carbons (Fsp3) is 0.267. The van der Waals surface area contributed by atoms with Crippen molar-refractivity contribution in [3.8, 4) is 6.07 Å². The molecule has 1 aromatic rings. The molecule has 5 N–H and O–H groups in total. The van der Waals surface area contributed by atoms with E-state index in [1.54, 1.807) is 37.3 Å². The Morgan fingerprint density at radius 2 is 2.00 bits per heavy atom. The second-order valence-corrected chi connectivity index (χ2v) is 4.35. The zero-order valence-electron chi connectivity index (χ0n) is 12.8. The Bertz CT molecular complexity index is 605. The molecular weight excluding hydrogens is 298 g/mol. The van der Waals surface area contributed by atoms with Crippen molar-refractivity contribution in [2.45, 2.75) is 6.92 Å². The van der Waals surface area contributed by atoms with Crippen molar-refractivity contribution in [1.82, 2.24) is 10.6 Å². The summed E-state index contributed by atoms with van der Waals surface area (Å²) >= 11 is 0. The minimum atomic E-state index is -0.539. The molecule has 0 aliphatic rings. The molecule has 0 spiro atoms. The van der Waals surface area contributed by atoms with Crippen LogP contribution in [0.2, 0.25) is 0 Å². The van der Waals surface area contributed by atoms with Crippen molar-refractivity contribution >= 4 is 23.4 Å². The van der Waals surface area contributed by atoms with Gasteiger partial charge in [0.25, 0.3) is 5.91 Å². The Labute approximate surface area is 134 Å². The lowest BCUT2D eigenvalue weighted by molar-refractivity contribution is -0.112. The van der Waals surface area contributed by atoms with E-state index in [2.05, 4.69) is 20.7 Å². The fourth-order valence-electron chi connectivity index (χ4n) is 1.51. The van der Waals surface area contributed by atoms with Gasteiger partial charge in [0.15, 0.2) is 0 Å². The Kier molecular flexibility index (Phi) is 7.51. The molecule has 1 rings (SSSR count). The second kappa shape index (κ2) is 9.68. The van der Waals surface area contributed by atoms with Crippen molar-refractivity contribution in [3.63, 3.8) is 0 Å². The molecule has 0 aliphatic heterocycles. The summed E-state index contributed by atoms with van der Waals surface area (Å²) in [7, 11) is 0. The normalized spacial score (nSPS) is 10.3. The lowest BCUT2D eigenvalue weighted by Crippen LogP contribution is -2.31. The molecule has 1 aromatic carbocycles. The lowest BCUT2D eigenvalue weighted by Gasteiger charge is -2.06. The number of nitrogens with zero attached hydrogens (tertiary/aromatic N) is 1. The zero-order chi connectivity index (χ0) is 17.1. The molecule has 8 nitrogen and oxygen atoms in total. The number of nitrogens with two attached hydrogens (primary N) is 1. The molecule has 0 aliphatic carbocycles. The molecule has 0 radical (unpaired) electrons. The first-order chi connectivity index (χ1) is 11.1. The van der Waals surface area contributed by atoms with Crippen LogP contribution < -0.4 is 21.7 Å². The third-order valence-corrected chi connectivity index (χ3v) is 2.59. The highest BCUT2D eigenvalue weighted by atomic mass is 16.5. The topological polar surface area (TPSA) is 129 Å². The van der Waals surface area contributed by atoms with E-state index < -0.39 is 12.0 Å². The monoisotopic (exact) mass is 317 g/mol. The summed E-state index contributed by atoms with van der Waals surface area (Å²) in [6.07, 6.45) is 0.777. The Morgan fingerprint density at radius 1 is 1.30 bits per heavy atom. The number of alkyl carbamates (subject to hydrolysis) is 1. The molecule has 0 saturated heterocycles. The average Bonchev–Trinajstić information content (AvgIpc) is 2.53. The van der Waals surface area contributed by atoms with Crippen molar-refractivity contribution in [1.29, 1.82) is 5.26 Å². The van der Waals surface area contributed by atoms with Crippen LogP contribution in [0.25, 0.3) is 0 Å². The number of benzene rings is 1. The standard InChI is InChI=1S/C15H19N5O3/c1-2-23-15(22)19-8-7-18-10-11(9-16)14(21)20-13-5-3-12(17)4-6-13/h3-6,10,18H,2,7-8,17H2,1H3,(H,19,22)(H,20,21)/b11-10-. The van der Waals surface area contributed by atoms with Crippen molar-refractivity contribution < 1.29 is 14.3 Å². The van der Waals surface area contributed by atoms with Gasteiger partial charge >= 0.3 is 6.09 Å². The van der Waals surface area contributed by atoms with Crippen LogP contribution in [0.1, 0.15) is 6.92 Å². The number of carbonyl (C=O) groups excluding carboxylic acids is 2. The maximum atomic E-state index is 11.9. The number of ether oxygens (including phenoxy) is 1. The van der Waals surface area contributed by atoms with E-state index in [-0.39, 0.29) is 5.57 Å². The first-order valence-electron chi connectivity index (χ1n) is 6.98. The number of nitrogens with one attached hydrogen (secondary N) is 3. The molecule has 2 amide bonds. The highest BCUT2D eigenvalue weighted by molar-refractivity contribution is 6.06. The SMILES string of the molecule is CCOC(=O)NCCN/C=C(/C#N)C(=O)Nc1ccc(N)cc1. The molecule has 122 valence electrons. The van der Waals surface area contributed by atoms with Crippen LogP contribution in [0.4, 0.5) is 16.2 Å². The van der Waals surface area contributed by atoms with Gasteiger partial charge in [-0.3, -0.25) is 4.79 Å². The van der Waals surface area contributed by atoms with Gasteiger partial charge in [-0.15, -0.1) is 0 Å². The summed E-state index contributed by atoms with van der Waals surface area (Å²) < 4.78 is 4.69. The number of nitrogen functional groups attached to an aromatic ring is 1. The molecule has 0 bridgehead atoms. The van der Waals surface area contributed by atoms with E-state index in [0.29, 0.717) is 31.1 Å². The minimum Gasteiger partial charge on any atom is -0.450 e. The minimum absolute atomic E-state index is 0.0852. The molecule has 23 heavy (non-hydrogen) atoms. The first-order valence-corrected chi connectivity index (χ1v) is 6.98. The Balaban J connectivity index is 2.42. The average molecular weight is 317 g/mol. The van der Waals surface area contributed by atoms with E-state index in [9.17, 15) is 9.59 Å². The van der Waals surface area contributed by atoms with E-state index >= 15 is 0 Å². The van der Waals surface area contributed by atoms with Crippen LogP contribution in [0, 0.1) is 11.3 Å². The number of anilines is 2. The predicted octanol–water partition coefficient (Wildman–Crippen LogP) is 0.950. The van der Waals surface area contributed by atoms with Gasteiger partial charge in [-0.2, -0.15) is 5.26 Å². The molecule has 0 heterocycles. The lowest BCUT2D eigenvalue weighted by atomic mass is 10.2. The van der Waals surface area contributed by atoms with Crippen LogP contribution >= 0.6 is 0 Å². The number of hydrogen-bond acceptors (Lipinski definition) is 6. The van der Waals surface area contributed by atoms with E-state index in [4.69, 9.17) is 11.0 Å². The number of hydrogen-bond donors (Lipinski definition) is 4. The number of amides is 2. The largest absolute Gasteiger partial charge is 0.450 e. The van der Waals surface area contributed by atoms with Gasteiger partial charge in [0, 0.05) is 30.7 Å². The van der Waals surface area contributed by atoms with Gasteiger partial charge in [0.05, 0.1) is 6.61 Å². The third-order valence-electron chi connectivity index (χ3n) is 2.59. The molecule has 0 aromatic heterocycles. The van der Waals surface area contributed by atoms with Gasteiger partial charge in [-0.05, 0) is 31.2 Å². The molecule has 0 unspecified atom stereocenters. The summed E-state index contributed by atoms with van der Waals surface area (Å²) in [6.45, 7) is 2.65. The highest BCUT2D eigenvalue weighted by Gasteiger charge is 2.08. The predicted molar refractivity (Wildman–Crippen MR) is 86.2 cm³/mol.